The maximum absolute atomic E-state index is 13.1. The number of aromatic hydroxyl groups is 1. The lowest BCUT2D eigenvalue weighted by Crippen LogP contribution is -2.53. The molecular formula is C25H25N5O5. The lowest BCUT2D eigenvalue weighted by atomic mass is 9.95. The third-order valence-electron chi connectivity index (χ3n) is 6.59. The van der Waals surface area contributed by atoms with Gasteiger partial charge in [0.05, 0.1) is 11.8 Å². The van der Waals surface area contributed by atoms with Gasteiger partial charge in [-0.2, -0.15) is 10.2 Å². The standard InChI is InChI=1S/C25H25N5O5/c26-16-19-25(35-22(27-19)21-6-3-15-34-21)30-9-7-17(8-10-30)23(32)28-11-13-29(14-12-28)24(33)18-4-1-2-5-20(18)31/h1-6,15,17,31H,7-14H2. The van der Waals surface area contributed by atoms with Gasteiger partial charge in [0.2, 0.25) is 17.5 Å². The molecule has 2 aliphatic rings. The molecule has 180 valence electrons. The Balaban J connectivity index is 1.16. The van der Waals surface area contributed by atoms with Crippen LogP contribution in [0, 0.1) is 17.2 Å². The van der Waals surface area contributed by atoms with Gasteiger partial charge in [0.15, 0.2) is 5.76 Å². The van der Waals surface area contributed by atoms with Gasteiger partial charge in [0.25, 0.3) is 11.8 Å². The van der Waals surface area contributed by atoms with Gasteiger partial charge in [0, 0.05) is 45.2 Å². The van der Waals surface area contributed by atoms with Crippen LogP contribution in [0.4, 0.5) is 5.88 Å². The number of oxazole rings is 1. The van der Waals surface area contributed by atoms with Gasteiger partial charge in [0.1, 0.15) is 11.8 Å². The number of piperazine rings is 1. The molecular weight excluding hydrogens is 450 g/mol. The molecule has 0 saturated carbocycles. The molecule has 0 atom stereocenters. The summed E-state index contributed by atoms with van der Waals surface area (Å²) in [4.78, 5) is 35.5. The van der Waals surface area contributed by atoms with Crippen molar-refractivity contribution in [1.29, 1.82) is 5.26 Å². The van der Waals surface area contributed by atoms with E-state index in [1.54, 1.807) is 35.2 Å². The lowest BCUT2D eigenvalue weighted by molar-refractivity contribution is -0.137. The number of carbonyl (C=O) groups is 2. The maximum atomic E-state index is 13.1. The van der Waals surface area contributed by atoms with E-state index in [2.05, 4.69) is 11.1 Å². The zero-order chi connectivity index (χ0) is 24.4. The van der Waals surface area contributed by atoms with E-state index in [-0.39, 0.29) is 40.6 Å². The van der Waals surface area contributed by atoms with Crippen LogP contribution in [0.3, 0.4) is 0 Å². The van der Waals surface area contributed by atoms with E-state index in [1.165, 1.54) is 12.3 Å². The predicted molar refractivity (Wildman–Crippen MR) is 124 cm³/mol. The molecule has 10 nitrogen and oxygen atoms in total. The smallest absolute Gasteiger partial charge is 0.266 e. The normalized spacial score (nSPS) is 16.8. The number of amides is 2. The topological polar surface area (TPSA) is 127 Å². The quantitative estimate of drug-likeness (QED) is 0.610. The molecule has 0 aliphatic carbocycles. The van der Waals surface area contributed by atoms with Crippen molar-refractivity contribution < 1.29 is 23.5 Å². The first-order chi connectivity index (χ1) is 17.0. The Bertz CT molecular complexity index is 1250. The molecule has 2 aliphatic heterocycles. The minimum absolute atomic E-state index is 0.0367. The second-order valence-corrected chi connectivity index (χ2v) is 8.66. The number of benzene rings is 1. The summed E-state index contributed by atoms with van der Waals surface area (Å²) in [7, 11) is 0. The van der Waals surface area contributed by atoms with Crippen molar-refractivity contribution >= 4 is 17.7 Å². The van der Waals surface area contributed by atoms with Gasteiger partial charge >= 0.3 is 0 Å². The average molecular weight is 476 g/mol. The van der Waals surface area contributed by atoms with Gasteiger partial charge < -0.3 is 28.6 Å². The van der Waals surface area contributed by atoms with Crippen LogP contribution < -0.4 is 4.90 Å². The number of para-hydroxylation sites is 1. The van der Waals surface area contributed by atoms with Crippen LogP contribution in [-0.4, -0.2) is 71.0 Å². The fourth-order valence-electron chi connectivity index (χ4n) is 4.65. The van der Waals surface area contributed by atoms with E-state index in [0.29, 0.717) is 63.8 Å². The second-order valence-electron chi connectivity index (χ2n) is 8.66. The number of rotatable bonds is 4. The first-order valence-electron chi connectivity index (χ1n) is 11.6. The van der Waals surface area contributed by atoms with Crippen LogP contribution in [-0.2, 0) is 4.79 Å². The van der Waals surface area contributed by atoms with Gasteiger partial charge in [-0.25, -0.2) is 0 Å². The highest BCUT2D eigenvalue weighted by molar-refractivity contribution is 5.97. The highest BCUT2D eigenvalue weighted by Gasteiger charge is 2.33. The molecule has 2 saturated heterocycles. The van der Waals surface area contributed by atoms with Crippen LogP contribution in [0.15, 0.2) is 51.5 Å². The number of aromatic nitrogens is 1. The van der Waals surface area contributed by atoms with E-state index in [9.17, 15) is 20.0 Å². The summed E-state index contributed by atoms with van der Waals surface area (Å²) in [5.74, 6) is 0.830. The number of furan rings is 1. The van der Waals surface area contributed by atoms with Gasteiger partial charge in [-0.05, 0) is 37.1 Å². The van der Waals surface area contributed by atoms with E-state index in [4.69, 9.17) is 8.83 Å². The molecule has 1 N–H and O–H groups in total. The van der Waals surface area contributed by atoms with Gasteiger partial charge in [-0.3, -0.25) is 9.59 Å². The summed E-state index contributed by atoms with van der Waals surface area (Å²) in [6.07, 6.45) is 2.79. The van der Waals surface area contributed by atoms with Crippen molar-refractivity contribution in [3.05, 3.63) is 53.9 Å². The van der Waals surface area contributed by atoms with E-state index in [0.717, 1.165) is 0 Å². The lowest BCUT2D eigenvalue weighted by Gasteiger charge is -2.38. The Labute approximate surface area is 202 Å². The maximum Gasteiger partial charge on any atom is 0.266 e. The molecule has 2 amide bonds. The van der Waals surface area contributed by atoms with Crippen molar-refractivity contribution in [3.8, 4) is 23.5 Å². The fourth-order valence-corrected chi connectivity index (χ4v) is 4.65. The van der Waals surface area contributed by atoms with Gasteiger partial charge in [-0.15, -0.1) is 0 Å². The van der Waals surface area contributed by atoms with Crippen molar-refractivity contribution in [2.24, 2.45) is 5.92 Å². The molecule has 1 aromatic carbocycles. The molecule has 0 spiro atoms. The third kappa shape index (κ3) is 4.45. The summed E-state index contributed by atoms with van der Waals surface area (Å²) < 4.78 is 11.1. The summed E-state index contributed by atoms with van der Waals surface area (Å²) in [6, 6.07) is 12.0. The van der Waals surface area contributed by atoms with Gasteiger partial charge in [-0.1, -0.05) is 12.1 Å². The molecule has 4 heterocycles. The first kappa shape index (κ1) is 22.5. The average Bonchev–Trinajstić information content (AvgIpc) is 3.59. The molecule has 5 rings (SSSR count). The highest BCUT2D eigenvalue weighted by Crippen LogP contribution is 2.32. The number of anilines is 1. The molecule has 3 aromatic rings. The molecule has 2 fully saturated rings. The molecule has 10 heteroatoms. The van der Waals surface area contributed by atoms with Crippen molar-refractivity contribution in [2.75, 3.05) is 44.2 Å². The Kier molecular flexibility index (Phi) is 6.14. The van der Waals surface area contributed by atoms with Crippen molar-refractivity contribution in [2.45, 2.75) is 12.8 Å². The third-order valence-corrected chi connectivity index (χ3v) is 6.59. The molecule has 0 radical (unpaired) electrons. The fraction of sp³-hybridized carbons (Fsp3) is 0.360. The number of hydrogen-bond acceptors (Lipinski definition) is 8. The predicted octanol–water partition coefficient (Wildman–Crippen LogP) is 2.71. The number of piperidine rings is 1. The zero-order valence-corrected chi connectivity index (χ0v) is 19.1. The number of phenolic OH excluding ortho intramolecular Hbond substituents is 1. The summed E-state index contributed by atoms with van der Waals surface area (Å²) in [5, 5.41) is 19.4. The van der Waals surface area contributed by atoms with E-state index >= 15 is 0 Å². The highest BCUT2D eigenvalue weighted by atomic mass is 16.4. The SMILES string of the molecule is N#Cc1nc(-c2ccco2)oc1N1CCC(C(=O)N2CCN(C(=O)c3ccccc3O)CC2)CC1. The summed E-state index contributed by atoms with van der Waals surface area (Å²) >= 11 is 0. The number of hydrogen-bond donors (Lipinski definition) is 1. The Morgan fingerprint density at radius 1 is 1.00 bits per heavy atom. The molecule has 0 unspecified atom stereocenters. The van der Waals surface area contributed by atoms with Crippen LogP contribution in [0.2, 0.25) is 0 Å². The minimum Gasteiger partial charge on any atom is -0.507 e. The Morgan fingerprint density at radius 3 is 2.37 bits per heavy atom. The molecule has 35 heavy (non-hydrogen) atoms. The number of carbonyl (C=O) groups excluding carboxylic acids is 2. The van der Waals surface area contributed by atoms with Crippen molar-refractivity contribution in [3.63, 3.8) is 0 Å². The number of nitrogens with zero attached hydrogens (tertiary/aromatic N) is 5. The zero-order valence-electron chi connectivity index (χ0n) is 19.1. The summed E-state index contributed by atoms with van der Waals surface area (Å²) in [6.45, 7) is 2.93. The minimum atomic E-state index is -0.224. The molecule has 0 bridgehead atoms. The largest absolute Gasteiger partial charge is 0.507 e. The van der Waals surface area contributed by atoms with E-state index < -0.39 is 0 Å². The monoisotopic (exact) mass is 475 g/mol. The Hall–Kier alpha value is -4.26. The first-order valence-corrected chi connectivity index (χ1v) is 11.6. The van der Waals surface area contributed by atoms with Crippen LogP contribution in [0.25, 0.3) is 11.7 Å². The van der Waals surface area contributed by atoms with Crippen LogP contribution in [0.1, 0.15) is 28.9 Å². The Morgan fingerprint density at radius 2 is 1.71 bits per heavy atom. The summed E-state index contributed by atoms with van der Waals surface area (Å²) in [5.41, 5.74) is 0.477. The number of phenols is 1. The van der Waals surface area contributed by atoms with Crippen LogP contribution >= 0.6 is 0 Å². The van der Waals surface area contributed by atoms with Crippen molar-refractivity contribution in [1.82, 2.24) is 14.8 Å². The van der Waals surface area contributed by atoms with Crippen LogP contribution in [0.5, 0.6) is 5.75 Å². The van der Waals surface area contributed by atoms with E-state index in [1.807, 2.05) is 9.80 Å². The number of nitriles is 1. The second kappa shape index (κ2) is 9.54. The molecule has 2 aromatic heterocycles.